The molecule has 0 aromatic heterocycles. The highest BCUT2D eigenvalue weighted by Gasteiger charge is 2.48. The molecule has 0 aromatic carbocycles. The van der Waals surface area contributed by atoms with Gasteiger partial charge in [-0.25, -0.2) is 0 Å². The lowest BCUT2D eigenvalue weighted by Gasteiger charge is -2.48. The molecule has 0 radical (unpaired) electrons. The second-order valence-corrected chi connectivity index (χ2v) is 11.0. The average molecular weight is 459 g/mol. The van der Waals surface area contributed by atoms with Crippen molar-refractivity contribution in [1.29, 1.82) is 0 Å². The highest BCUT2D eigenvalue weighted by atomic mass is 16.5. The zero-order chi connectivity index (χ0) is 24.3. The van der Waals surface area contributed by atoms with E-state index in [9.17, 15) is 15.0 Å². The van der Waals surface area contributed by atoms with E-state index in [4.69, 9.17) is 18.9 Å². The lowest BCUT2D eigenvalue weighted by atomic mass is 9.72. The van der Waals surface area contributed by atoms with Crippen LogP contribution in [0.15, 0.2) is 0 Å². The summed E-state index contributed by atoms with van der Waals surface area (Å²) in [6.07, 6.45) is 0.445. The Morgan fingerprint density at radius 3 is 2.44 bits per heavy atom. The number of carbonyl (C=O) groups excluding carboxylic acids is 1. The lowest BCUT2D eigenvalue weighted by Crippen LogP contribution is -2.54. The molecule has 0 aliphatic carbocycles. The number of rotatable bonds is 10. The van der Waals surface area contributed by atoms with Crippen molar-refractivity contribution in [1.82, 2.24) is 0 Å². The Balaban J connectivity index is 2.03. The first-order valence-corrected chi connectivity index (χ1v) is 12.1. The van der Waals surface area contributed by atoms with E-state index in [0.717, 1.165) is 6.42 Å². The molecule has 188 valence electrons. The molecule has 0 aromatic rings. The maximum absolute atomic E-state index is 13.0. The van der Waals surface area contributed by atoms with Crippen molar-refractivity contribution in [2.45, 2.75) is 116 Å². The molecule has 0 saturated carbocycles. The van der Waals surface area contributed by atoms with Gasteiger partial charge in [-0.3, -0.25) is 4.79 Å². The van der Waals surface area contributed by atoms with Gasteiger partial charge < -0.3 is 29.2 Å². The van der Waals surface area contributed by atoms with Crippen LogP contribution in [0.3, 0.4) is 0 Å². The zero-order valence-corrected chi connectivity index (χ0v) is 21.3. The average Bonchev–Trinajstić information content (AvgIpc) is 2.73. The SMILES string of the molecule is COC[C@H](C[C@H]1O[C@H]([C@H](C)CC(=O)[C@@H](O)[C@@]2(C)CC[C@@H](C)[C@@H](C)O2)C[C@@H](O)C1(C)C)OC. The molecule has 2 aliphatic heterocycles. The summed E-state index contributed by atoms with van der Waals surface area (Å²) >= 11 is 0. The van der Waals surface area contributed by atoms with Gasteiger partial charge >= 0.3 is 0 Å². The molecule has 2 saturated heterocycles. The molecular weight excluding hydrogens is 412 g/mol. The van der Waals surface area contributed by atoms with E-state index in [-0.39, 0.29) is 42.5 Å². The fourth-order valence-corrected chi connectivity index (χ4v) is 5.01. The number of aliphatic hydroxyl groups is 2. The zero-order valence-electron chi connectivity index (χ0n) is 21.3. The van der Waals surface area contributed by atoms with Crippen LogP contribution < -0.4 is 0 Å². The molecule has 2 aliphatic rings. The van der Waals surface area contributed by atoms with Crippen LogP contribution in [0.1, 0.15) is 73.6 Å². The van der Waals surface area contributed by atoms with Crippen molar-refractivity contribution in [2.24, 2.45) is 17.3 Å². The maximum Gasteiger partial charge on any atom is 0.164 e. The summed E-state index contributed by atoms with van der Waals surface area (Å²) in [7, 11) is 3.28. The molecule has 2 N–H and O–H groups in total. The van der Waals surface area contributed by atoms with Crippen molar-refractivity contribution in [3.8, 4) is 0 Å². The minimum atomic E-state index is -1.17. The van der Waals surface area contributed by atoms with Gasteiger partial charge in [0.05, 0.1) is 42.7 Å². The quantitative estimate of drug-likeness (QED) is 0.519. The van der Waals surface area contributed by atoms with Gasteiger partial charge in [-0.05, 0) is 38.5 Å². The summed E-state index contributed by atoms with van der Waals surface area (Å²) < 4.78 is 23.3. The number of ether oxygens (including phenoxy) is 4. The Morgan fingerprint density at radius 2 is 1.88 bits per heavy atom. The molecule has 7 nitrogen and oxygen atoms in total. The number of methoxy groups -OCH3 is 2. The van der Waals surface area contributed by atoms with Gasteiger partial charge in [0.15, 0.2) is 5.78 Å². The second kappa shape index (κ2) is 11.2. The largest absolute Gasteiger partial charge is 0.392 e. The third kappa shape index (κ3) is 6.30. The predicted molar refractivity (Wildman–Crippen MR) is 123 cm³/mol. The van der Waals surface area contributed by atoms with Crippen LogP contribution in [-0.2, 0) is 23.7 Å². The first-order chi connectivity index (χ1) is 14.9. The molecule has 0 unspecified atom stereocenters. The fraction of sp³-hybridized carbons (Fsp3) is 0.960. The molecule has 32 heavy (non-hydrogen) atoms. The molecule has 7 heteroatoms. The first-order valence-electron chi connectivity index (χ1n) is 12.1. The molecule has 0 bridgehead atoms. The number of ketones is 1. The molecule has 2 rings (SSSR count). The Hall–Kier alpha value is -0.570. The van der Waals surface area contributed by atoms with Gasteiger partial charge in [-0.15, -0.1) is 0 Å². The minimum Gasteiger partial charge on any atom is -0.392 e. The summed E-state index contributed by atoms with van der Waals surface area (Å²) in [5.74, 6) is 0.0449. The van der Waals surface area contributed by atoms with Crippen LogP contribution in [-0.4, -0.2) is 79.0 Å². The minimum absolute atomic E-state index is 0.00858. The van der Waals surface area contributed by atoms with Gasteiger partial charge in [0.25, 0.3) is 0 Å². The van der Waals surface area contributed by atoms with E-state index in [1.807, 2.05) is 34.6 Å². The molecule has 2 fully saturated rings. The van der Waals surface area contributed by atoms with Gasteiger partial charge in [0, 0.05) is 38.9 Å². The molecule has 2 heterocycles. The topological polar surface area (TPSA) is 94.5 Å². The van der Waals surface area contributed by atoms with E-state index in [2.05, 4.69) is 6.92 Å². The predicted octanol–water partition coefficient (Wildman–Crippen LogP) is 3.13. The third-order valence-corrected chi connectivity index (χ3v) is 8.04. The number of aliphatic hydroxyl groups excluding tert-OH is 2. The summed E-state index contributed by atoms with van der Waals surface area (Å²) in [5, 5.41) is 21.7. The van der Waals surface area contributed by atoms with E-state index < -0.39 is 23.2 Å². The monoisotopic (exact) mass is 458 g/mol. The van der Waals surface area contributed by atoms with E-state index in [1.165, 1.54) is 0 Å². The standard InChI is InChI=1S/C25H46O7/c1-15-9-10-25(6,32-17(15)3)23(28)19(26)11-16(2)20-13-21(27)24(4,5)22(31-20)12-18(30-8)14-29-7/h15-18,20-23,27-28H,9-14H2,1-8H3/t15-,16-,17-,18+,20+,21-,22-,23-,25-/m1/s1. The molecule has 9 atom stereocenters. The van der Waals surface area contributed by atoms with Crippen molar-refractivity contribution >= 4 is 5.78 Å². The second-order valence-electron chi connectivity index (χ2n) is 11.0. The first kappa shape index (κ1) is 27.7. The van der Waals surface area contributed by atoms with Gasteiger partial charge in [0.2, 0.25) is 0 Å². The van der Waals surface area contributed by atoms with Crippen LogP contribution in [0, 0.1) is 17.3 Å². The highest BCUT2D eigenvalue weighted by Crippen LogP contribution is 2.41. The third-order valence-electron chi connectivity index (χ3n) is 8.04. The Labute approximate surface area is 194 Å². The fourth-order valence-electron chi connectivity index (χ4n) is 5.01. The lowest BCUT2D eigenvalue weighted by molar-refractivity contribution is -0.201. The number of Topliss-reactive ketones (excluding diaryl/α,β-unsaturated/α-hetero) is 1. The maximum atomic E-state index is 13.0. The Bertz CT molecular complexity index is 609. The summed E-state index contributed by atoms with van der Waals surface area (Å²) in [4.78, 5) is 13.0. The number of hydrogen-bond acceptors (Lipinski definition) is 7. The van der Waals surface area contributed by atoms with E-state index in [0.29, 0.717) is 31.8 Å². The van der Waals surface area contributed by atoms with Crippen molar-refractivity contribution in [3.63, 3.8) is 0 Å². The van der Waals surface area contributed by atoms with Crippen molar-refractivity contribution < 1.29 is 34.0 Å². The van der Waals surface area contributed by atoms with Crippen LogP contribution in [0.5, 0.6) is 0 Å². The molecular formula is C25H46O7. The number of hydrogen-bond donors (Lipinski definition) is 2. The summed E-state index contributed by atoms with van der Waals surface area (Å²) in [6, 6.07) is 0. The van der Waals surface area contributed by atoms with Crippen molar-refractivity contribution in [3.05, 3.63) is 0 Å². The van der Waals surface area contributed by atoms with Crippen LogP contribution >= 0.6 is 0 Å². The molecule has 0 amide bonds. The van der Waals surface area contributed by atoms with E-state index in [1.54, 1.807) is 14.2 Å². The highest BCUT2D eigenvalue weighted by molar-refractivity contribution is 5.84. The van der Waals surface area contributed by atoms with Gasteiger partial charge in [-0.1, -0.05) is 27.7 Å². The Morgan fingerprint density at radius 1 is 1.22 bits per heavy atom. The van der Waals surface area contributed by atoms with Crippen molar-refractivity contribution in [2.75, 3.05) is 20.8 Å². The van der Waals surface area contributed by atoms with Gasteiger partial charge in [0.1, 0.15) is 6.10 Å². The smallest absolute Gasteiger partial charge is 0.164 e. The van der Waals surface area contributed by atoms with Gasteiger partial charge in [-0.2, -0.15) is 0 Å². The van der Waals surface area contributed by atoms with Crippen LogP contribution in [0.4, 0.5) is 0 Å². The van der Waals surface area contributed by atoms with Crippen LogP contribution in [0.2, 0.25) is 0 Å². The van der Waals surface area contributed by atoms with E-state index >= 15 is 0 Å². The van der Waals surface area contributed by atoms with Crippen LogP contribution in [0.25, 0.3) is 0 Å². The summed E-state index contributed by atoms with van der Waals surface area (Å²) in [6.45, 7) is 12.4. The molecule has 0 spiro atoms. The Kier molecular flexibility index (Phi) is 9.72. The normalized spacial score (nSPS) is 38.1. The number of carbonyl (C=O) groups is 1. The summed E-state index contributed by atoms with van der Waals surface area (Å²) in [5.41, 5.74) is -1.30.